The van der Waals surface area contributed by atoms with Crippen LogP contribution in [0.3, 0.4) is 0 Å². The van der Waals surface area contributed by atoms with Gasteiger partial charge in [0.05, 0.1) is 6.10 Å². The molecule has 0 aromatic heterocycles. The molecule has 2 unspecified atom stereocenters. The summed E-state index contributed by atoms with van der Waals surface area (Å²) in [5.74, 6) is 0. The first-order chi connectivity index (χ1) is 12.8. The largest absolute Gasteiger partial charge is 0.391 e. The maximum atomic E-state index is 9.90. The molecule has 3 N–H and O–H groups in total. The topological polar surface area (TPSA) is 44.3 Å². The Balaban J connectivity index is 1.69. The third-order valence-electron chi connectivity index (χ3n) is 5.88. The summed E-state index contributed by atoms with van der Waals surface area (Å²) in [6.45, 7) is 5.22. The lowest BCUT2D eigenvalue weighted by molar-refractivity contribution is 0.0991. The summed E-state index contributed by atoms with van der Waals surface area (Å²) in [5, 5.41) is 16.8. The molecule has 1 aliphatic heterocycles. The van der Waals surface area contributed by atoms with Crippen LogP contribution < -0.4 is 10.6 Å². The van der Waals surface area contributed by atoms with Gasteiger partial charge < -0.3 is 15.7 Å². The van der Waals surface area contributed by atoms with Gasteiger partial charge in [0.1, 0.15) is 0 Å². The Hall–Kier alpha value is -0.120. The van der Waals surface area contributed by atoms with Crippen molar-refractivity contribution in [2.24, 2.45) is 0 Å². The molecule has 0 amide bonds. The smallest absolute Gasteiger partial charge is 0.0717 e. The SMILES string of the molecule is CCCCCCCCCCCCCCCCCCNC1CNCCC1O. The fourth-order valence-electron chi connectivity index (χ4n) is 4.01. The van der Waals surface area contributed by atoms with Crippen LogP contribution in [0.5, 0.6) is 0 Å². The molecular weight excluding hydrogens is 320 g/mol. The third-order valence-corrected chi connectivity index (χ3v) is 5.88. The standard InChI is InChI=1S/C23H48N2O/c1-2-3-4-5-6-7-8-9-10-11-12-13-14-15-16-17-19-25-22-21-24-20-18-23(22)26/h22-26H,2-21H2,1H3. The first-order valence-electron chi connectivity index (χ1n) is 12.0. The van der Waals surface area contributed by atoms with Crippen molar-refractivity contribution in [3.63, 3.8) is 0 Å². The van der Waals surface area contributed by atoms with Gasteiger partial charge in [-0.2, -0.15) is 0 Å². The lowest BCUT2D eigenvalue weighted by Crippen LogP contribution is -2.52. The molecule has 1 saturated heterocycles. The Morgan fingerprint density at radius 3 is 1.65 bits per heavy atom. The van der Waals surface area contributed by atoms with Gasteiger partial charge in [-0.25, -0.2) is 0 Å². The molecule has 156 valence electrons. The highest BCUT2D eigenvalue weighted by atomic mass is 16.3. The van der Waals surface area contributed by atoms with Crippen molar-refractivity contribution >= 4 is 0 Å². The van der Waals surface area contributed by atoms with Crippen molar-refractivity contribution in [1.82, 2.24) is 10.6 Å². The van der Waals surface area contributed by atoms with Crippen LogP contribution in [0.25, 0.3) is 0 Å². The van der Waals surface area contributed by atoms with Crippen LogP contribution in [-0.2, 0) is 0 Å². The van der Waals surface area contributed by atoms with Gasteiger partial charge in [0.25, 0.3) is 0 Å². The van der Waals surface area contributed by atoms with E-state index >= 15 is 0 Å². The van der Waals surface area contributed by atoms with Crippen LogP contribution in [0.4, 0.5) is 0 Å². The first-order valence-corrected chi connectivity index (χ1v) is 12.0. The maximum Gasteiger partial charge on any atom is 0.0717 e. The molecule has 0 saturated carbocycles. The van der Waals surface area contributed by atoms with Crippen LogP contribution in [-0.4, -0.2) is 36.9 Å². The van der Waals surface area contributed by atoms with Crippen molar-refractivity contribution in [3.8, 4) is 0 Å². The van der Waals surface area contributed by atoms with E-state index in [0.717, 1.165) is 26.1 Å². The molecule has 0 radical (unpaired) electrons. The quantitative estimate of drug-likeness (QED) is 0.277. The average molecular weight is 369 g/mol. The summed E-state index contributed by atoms with van der Waals surface area (Å²) >= 11 is 0. The maximum absolute atomic E-state index is 9.90. The second-order valence-corrected chi connectivity index (χ2v) is 8.42. The second-order valence-electron chi connectivity index (χ2n) is 8.42. The van der Waals surface area contributed by atoms with Crippen molar-refractivity contribution in [2.45, 2.75) is 128 Å². The lowest BCUT2D eigenvalue weighted by Gasteiger charge is -2.29. The van der Waals surface area contributed by atoms with Crippen LogP contribution >= 0.6 is 0 Å². The van der Waals surface area contributed by atoms with Gasteiger partial charge in [-0.1, -0.05) is 103 Å². The Morgan fingerprint density at radius 2 is 1.19 bits per heavy atom. The van der Waals surface area contributed by atoms with Crippen molar-refractivity contribution in [1.29, 1.82) is 0 Å². The van der Waals surface area contributed by atoms with Gasteiger partial charge in [-0.3, -0.25) is 0 Å². The van der Waals surface area contributed by atoms with E-state index in [1.807, 2.05) is 0 Å². The van der Waals surface area contributed by atoms with Crippen LogP contribution in [0.15, 0.2) is 0 Å². The van der Waals surface area contributed by atoms with Gasteiger partial charge in [0, 0.05) is 12.6 Å². The molecule has 3 heteroatoms. The molecule has 1 fully saturated rings. The molecule has 3 nitrogen and oxygen atoms in total. The Labute approximate surface area is 164 Å². The zero-order valence-electron chi connectivity index (χ0n) is 17.7. The van der Waals surface area contributed by atoms with E-state index in [1.165, 1.54) is 103 Å². The zero-order chi connectivity index (χ0) is 18.7. The number of aliphatic hydroxyl groups excluding tert-OH is 1. The second kappa shape index (κ2) is 18.3. The predicted molar refractivity (Wildman–Crippen MR) is 115 cm³/mol. The molecule has 0 aromatic rings. The van der Waals surface area contributed by atoms with Crippen molar-refractivity contribution in [3.05, 3.63) is 0 Å². The van der Waals surface area contributed by atoms with E-state index in [0.29, 0.717) is 0 Å². The molecule has 0 aromatic carbocycles. The number of hydrogen-bond acceptors (Lipinski definition) is 3. The van der Waals surface area contributed by atoms with Gasteiger partial charge in [-0.15, -0.1) is 0 Å². The Kier molecular flexibility index (Phi) is 16.8. The monoisotopic (exact) mass is 368 g/mol. The van der Waals surface area contributed by atoms with E-state index in [2.05, 4.69) is 17.6 Å². The minimum atomic E-state index is -0.155. The van der Waals surface area contributed by atoms with Gasteiger partial charge >= 0.3 is 0 Å². The summed E-state index contributed by atoms with van der Waals surface area (Å²) in [7, 11) is 0. The number of piperidine rings is 1. The summed E-state index contributed by atoms with van der Waals surface area (Å²) in [4.78, 5) is 0. The summed E-state index contributed by atoms with van der Waals surface area (Å²) < 4.78 is 0. The molecule has 0 aliphatic carbocycles. The Bertz CT molecular complexity index is 285. The highest BCUT2D eigenvalue weighted by Crippen LogP contribution is 2.13. The minimum Gasteiger partial charge on any atom is -0.391 e. The predicted octanol–water partition coefficient (Wildman–Crippen LogP) is 5.56. The molecule has 0 bridgehead atoms. The molecule has 2 atom stereocenters. The molecule has 26 heavy (non-hydrogen) atoms. The fraction of sp³-hybridized carbons (Fsp3) is 1.00. The summed E-state index contributed by atoms with van der Waals surface area (Å²) in [6.07, 6.45) is 23.4. The van der Waals surface area contributed by atoms with E-state index < -0.39 is 0 Å². The van der Waals surface area contributed by atoms with E-state index in [4.69, 9.17) is 0 Å². The number of rotatable bonds is 18. The van der Waals surface area contributed by atoms with Gasteiger partial charge in [0.15, 0.2) is 0 Å². The van der Waals surface area contributed by atoms with Crippen LogP contribution in [0.1, 0.15) is 116 Å². The highest BCUT2D eigenvalue weighted by Gasteiger charge is 2.21. The molecular formula is C23H48N2O. The van der Waals surface area contributed by atoms with E-state index in [-0.39, 0.29) is 12.1 Å². The van der Waals surface area contributed by atoms with Crippen molar-refractivity contribution < 1.29 is 5.11 Å². The molecule has 1 heterocycles. The van der Waals surface area contributed by atoms with Crippen molar-refractivity contribution in [2.75, 3.05) is 19.6 Å². The number of nitrogens with one attached hydrogen (secondary N) is 2. The van der Waals surface area contributed by atoms with Crippen LogP contribution in [0.2, 0.25) is 0 Å². The average Bonchev–Trinajstić information content (AvgIpc) is 2.65. The minimum absolute atomic E-state index is 0.155. The Morgan fingerprint density at radius 1 is 0.731 bits per heavy atom. The summed E-state index contributed by atoms with van der Waals surface area (Å²) in [6, 6.07) is 0.264. The first kappa shape index (κ1) is 23.9. The van der Waals surface area contributed by atoms with E-state index in [1.54, 1.807) is 0 Å². The fourth-order valence-corrected chi connectivity index (χ4v) is 4.01. The number of hydrogen-bond donors (Lipinski definition) is 3. The van der Waals surface area contributed by atoms with Crippen LogP contribution in [0, 0.1) is 0 Å². The summed E-state index contributed by atoms with van der Waals surface area (Å²) in [5.41, 5.74) is 0. The molecule has 1 rings (SSSR count). The number of unbranched alkanes of at least 4 members (excludes halogenated alkanes) is 15. The lowest BCUT2D eigenvalue weighted by atomic mass is 10.0. The third kappa shape index (κ3) is 14.0. The molecule has 0 spiro atoms. The highest BCUT2D eigenvalue weighted by molar-refractivity contribution is 4.82. The number of aliphatic hydroxyl groups is 1. The normalized spacial score (nSPS) is 20.5. The zero-order valence-corrected chi connectivity index (χ0v) is 17.7. The van der Waals surface area contributed by atoms with Gasteiger partial charge in [0.2, 0.25) is 0 Å². The van der Waals surface area contributed by atoms with E-state index in [9.17, 15) is 5.11 Å². The molecule has 1 aliphatic rings. The van der Waals surface area contributed by atoms with Gasteiger partial charge in [-0.05, 0) is 25.9 Å².